The van der Waals surface area contributed by atoms with Crippen LogP contribution in [0.4, 0.5) is 18.9 Å². The molecule has 1 amide bonds. The Labute approximate surface area is 190 Å². The van der Waals surface area contributed by atoms with Gasteiger partial charge in [-0.15, -0.1) is 0 Å². The first kappa shape index (κ1) is 23.4. The van der Waals surface area contributed by atoms with Crippen LogP contribution in [0.3, 0.4) is 0 Å². The van der Waals surface area contributed by atoms with Gasteiger partial charge in [0, 0.05) is 23.8 Å². The number of amides is 1. The van der Waals surface area contributed by atoms with Crippen LogP contribution in [0.25, 0.3) is 10.9 Å². The van der Waals surface area contributed by atoms with Gasteiger partial charge in [0.05, 0.1) is 22.9 Å². The first-order valence-electron chi connectivity index (χ1n) is 11.2. The summed E-state index contributed by atoms with van der Waals surface area (Å²) in [5, 5.41) is 14.5. The number of primary amides is 1. The fourth-order valence-electron chi connectivity index (χ4n) is 4.81. The number of aliphatic hydroxyl groups excluding tert-OH is 1. The van der Waals surface area contributed by atoms with Crippen molar-refractivity contribution in [3.05, 3.63) is 47.8 Å². The van der Waals surface area contributed by atoms with Gasteiger partial charge in [-0.25, -0.2) is 13.2 Å². The van der Waals surface area contributed by atoms with Crippen molar-refractivity contribution in [2.45, 2.75) is 63.7 Å². The third-order valence-electron chi connectivity index (χ3n) is 6.60. The molecule has 0 bridgehead atoms. The number of fused-ring (bicyclic) bond motifs is 1. The number of hydrogen-bond donors (Lipinski definition) is 2. The molecule has 33 heavy (non-hydrogen) atoms. The van der Waals surface area contributed by atoms with E-state index in [1.165, 1.54) is 49.1 Å². The molecular formula is C24H29F3N4O2. The van der Waals surface area contributed by atoms with E-state index in [9.17, 15) is 18.7 Å². The zero-order valence-corrected chi connectivity index (χ0v) is 18.7. The van der Waals surface area contributed by atoms with Gasteiger partial charge >= 0.3 is 0 Å². The molecule has 0 radical (unpaired) electrons. The smallest absolute Gasteiger partial charge is 0.265 e. The highest BCUT2D eigenvalue weighted by Crippen LogP contribution is 2.41. The molecule has 4 rings (SSSR count). The highest BCUT2D eigenvalue weighted by molar-refractivity contribution is 5.91. The maximum absolute atomic E-state index is 15.1. The summed E-state index contributed by atoms with van der Waals surface area (Å²) in [6, 6.07) is 1.87. The van der Waals surface area contributed by atoms with Crippen LogP contribution in [0.15, 0.2) is 42.3 Å². The maximum Gasteiger partial charge on any atom is 0.265 e. The van der Waals surface area contributed by atoms with Crippen LogP contribution in [0.1, 0.15) is 57.6 Å². The number of carbonyl (C=O) groups is 1. The third-order valence-corrected chi connectivity index (χ3v) is 6.60. The molecular weight excluding hydrogens is 433 g/mol. The molecule has 2 aromatic rings. The normalized spacial score (nSPS) is 23.9. The molecule has 0 saturated heterocycles. The first-order valence-corrected chi connectivity index (χ1v) is 11.2. The minimum absolute atomic E-state index is 0.0335. The van der Waals surface area contributed by atoms with Crippen molar-refractivity contribution in [1.82, 2.24) is 9.78 Å². The highest BCUT2D eigenvalue weighted by Gasteiger charge is 2.37. The number of nitrogens with zero attached hydrogens (tertiary/aromatic N) is 3. The summed E-state index contributed by atoms with van der Waals surface area (Å²) in [7, 11) is 0. The zero-order chi connectivity index (χ0) is 23.9. The molecule has 1 aliphatic carbocycles. The Morgan fingerprint density at radius 1 is 1.27 bits per heavy atom. The molecule has 178 valence electrons. The number of alkyl halides is 3. The lowest BCUT2D eigenvalue weighted by molar-refractivity contribution is -0.118. The minimum atomic E-state index is -2.86. The Bertz CT molecular complexity index is 1100. The van der Waals surface area contributed by atoms with Crippen molar-refractivity contribution in [3.63, 3.8) is 0 Å². The molecule has 1 aliphatic heterocycles. The summed E-state index contributed by atoms with van der Waals surface area (Å²) in [5.74, 6) is -0.479. The van der Waals surface area contributed by atoms with Crippen LogP contribution >= 0.6 is 0 Å². The van der Waals surface area contributed by atoms with Crippen molar-refractivity contribution >= 4 is 22.5 Å². The predicted octanol–water partition coefficient (Wildman–Crippen LogP) is 4.56. The Balaban J connectivity index is 1.80. The predicted molar refractivity (Wildman–Crippen MR) is 121 cm³/mol. The van der Waals surface area contributed by atoms with E-state index in [4.69, 9.17) is 5.73 Å². The third kappa shape index (κ3) is 4.51. The quantitative estimate of drug-likeness (QED) is 0.659. The topological polar surface area (TPSA) is 84.4 Å². The number of nitrogens with two attached hydrogens (primary N) is 1. The average molecular weight is 463 g/mol. The Kier molecular flexibility index (Phi) is 6.26. The molecule has 2 heterocycles. The van der Waals surface area contributed by atoms with Crippen molar-refractivity contribution in [2.24, 2.45) is 11.7 Å². The van der Waals surface area contributed by atoms with Gasteiger partial charge in [0.1, 0.15) is 11.7 Å². The number of halogens is 3. The SMILES string of the molecule is CC(C)(F)C1=CC=CC(C(N)=O)N1c1cc2cn(C3CCC(CO)CC3)nc2cc1C(F)F. The van der Waals surface area contributed by atoms with Crippen LogP contribution in [0, 0.1) is 5.92 Å². The van der Waals surface area contributed by atoms with E-state index in [1.54, 1.807) is 10.9 Å². The maximum atomic E-state index is 15.1. The fourth-order valence-corrected chi connectivity index (χ4v) is 4.81. The molecule has 1 fully saturated rings. The lowest BCUT2D eigenvalue weighted by Gasteiger charge is -2.39. The Morgan fingerprint density at radius 3 is 2.55 bits per heavy atom. The van der Waals surface area contributed by atoms with Gasteiger partial charge in [-0.2, -0.15) is 5.10 Å². The van der Waals surface area contributed by atoms with E-state index in [1.807, 2.05) is 0 Å². The van der Waals surface area contributed by atoms with Gasteiger partial charge in [0.2, 0.25) is 5.91 Å². The van der Waals surface area contributed by atoms with Crippen LogP contribution < -0.4 is 10.6 Å². The minimum Gasteiger partial charge on any atom is -0.396 e. The number of hydrogen-bond acceptors (Lipinski definition) is 4. The van der Waals surface area contributed by atoms with Crippen molar-refractivity contribution in [1.29, 1.82) is 0 Å². The molecule has 3 N–H and O–H groups in total. The van der Waals surface area contributed by atoms with Crippen LogP contribution in [0.2, 0.25) is 0 Å². The zero-order valence-electron chi connectivity index (χ0n) is 18.7. The van der Waals surface area contributed by atoms with E-state index < -0.39 is 24.0 Å². The summed E-state index contributed by atoms with van der Waals surface area (Å²) in [6.07, 6.45) is 6.86. The average Bonchev–Trinajstić information content (AvgIpc) is 3.20. The number of aromatic nitrogens is 2. The second kappa shape index (κ2) is 8.85. The summed E-state index contributed by atoms with van der Waals surface area (Å²) in [6.45, 7) is 2.79. The van der Waals surface area contributed by atoms with Crippen molar-refractivity contribution in [3.8, 4) is 0 Å². The molecule has 0 spiro atoms. The summed E-state index contributed by atoms with van der Waals surface area (Å²) in [4.78, 5) is 13.4. The fraction of sp³-hybridized carbons (Fsp3) is 0.500. The number of benzene rings is 1. The Morgan fingerprint density at radius 2 is 1.97 bits per heavy atom. The van der Waals surface area contributed by atoms with E-state index in [-0.39, 0.29) is 35.5 Å². The van der Waals surface area contributed by atoms with Crippen LogP contribution in [-0.2, 0) is 4.79 Å². The molecule has 9 heteroatoms. The number of aliphatic hydroxyl groups is 1. The van der Waals surface area contributed by atoms with E-state index >= 15 is 4.39 Å². The molecule has 1 unspecified atom stereocenters. The lowest BCUT2D eigenvalue weighted by Crippen LogP contribution is -2.48. The summed E-state index contributed by atoms with van der Waals surface area (Å²) in [5.41, 5.74) is 3.84. The molecule has 1 aromatic heterocycles. The highest BCUT2D eigenvalue weighted by atomic mass is 19.3. The van der Waals surface area contributed by atoms with E-state index in [0.29, 0.717) is 10.9 Å². The standard InChI is InChI=1S/C24H29F3N4O2/c1-24(2,27)21-5-3-4-19(23(28)33)31(21)20-10-15-12-30(16-8-6-14(13-32)7-9-16)29-18(15)11-17(20)22(25)26/h3-5,10-12,14,16,19,22,32H,6-9,13H2,1-2H3,(H2,28,33). The molecule has 2 aliphatic rings. The molecule has 1 aromatic carbocycles. The molecule has 1 atom stereocenters. The van der Waals surface area contributed by atoms with Gasteiger partial charge in [0.15, 0.2) is 0 Å². The second-order valence-corrected chi connectivity index (χ2v) is 9.36. The summed E-state index contributed by atoms with van der Waals surface area (Å²) >= 11 is 0. The first-order chi connectivity index (χ1) is 15.6. The second-order valence-electron chi connectivity index (χ2n) is 9.36. The number of anilines is 1. The van der Waals surface area contributed by atoms with Gasteiger partial charge in [-0.05, 0) is 63.7 Å². The van der Waals surface area contributed by atoms with Crippen molar-refractivity contribution in [2.75, 3.05) is 11.5 Å². The molecule has 1 saturated carbocycles. The van der Waals surface area contributed by atoms with Crippen molar-refractivity contribution < 1.29 is 23.1 Å². The summed E-state index contributed by atoms with van der Waals surface area (Å²) < 4.78 is 45.2. The molecule has 6 nitrogen and oxygen atoms in total. The Hall–Kier alpha value is -2.81. The number of carbonyl (C=O) groups excluding carboxylic acids is 1. The monoisotopic (exact) mass is 462 g/mol. The van der Waals surface area contributed by atoms with E-state index in [0.717, 1.165) is 25.7 Å². The van der Waals surface area contributed by atoms with Gasteiger partial charge in [0.25, 0.3) is 6.43 Å². The van der Waals surface area contributed by atoms with Crippen LogP contribution in [0.5, 0.6) is 0 Å². The lowest BCUT2D eigenvalue weighted by atomic mass is 9.87. The van der Waals surface area contributed by atoms with E-state index in [2.05, 4.69) is 5.10 Å². The van der Waals surface area contributed by atoms with Gasteiger partial charge in [-0.1, -0.05) is 12.2 Å². The largest absolute Gasteiger partial charge is 0.396 e. The number of allylic oxidation sites excluding steroid dienone is 3. The van der Waals surface area contributed by atoms with Crippen LogP contribution in [-0.4, -0.2) is 39.1 Å². The van der Waals surface area contributed by atoms with Gasteiger partial charge < -0.3 is 15.7 Å². The van der Waals surface area contributed by atoms with Gasteiger partial charge in [-0.3, -0.25) is 9.48 Å². The number of rotatable bonds is 6.